The van der Waals surface area contributed by atoms with Gasteiger partial charge >= 0.3 is 0 Å². The molecule has 0 N–H and O–H groups in total. The molecule has 0 aliphatic carbocycles. The highest BCUT2D eigenvalue weighted by molar-refractivity contribution is 9.11. The number of halogens is 4. The Morgan fingerprint density at radius 1 is 0.625 bits per heavy atom. The Morgan fingerprint density at radius 2 is 0.958 bits per heavy atom. The molecular weight excluding hydrogens is 568 g/mol. The Hall–Kier alpha value is 0.280. The fraction of sp³-hybridized carbons (Fsp3) is 0.333. The van der Waals surface area contributed by atoms with E-state index in [1.807, 2.05) is 24.3 Å². The molecule has 0 fully saturated rings. The highest BCUT2D eigenvalue weighted by atomic mass is 79.9. The Kier molecular flexibility index (Phi) is 9.51. The Labute approximate surface area is 176 Å². The molecular formula is C18H18Br4O2. The summed E-state index contributed by atoms with van der Waals surface area (Å²) in [4.78, 5) is 0. The van der Waals surface area contributed by atoms with Crippen LogP contribution in [0.4, 0.5) is 0 Å². The molecule has 0 saturated heterocycles. The third-order valence-corrected chi connectivity index (χ3v) is 5.81. The van der Waals surface area contributed by atoms with Gasteiger partial charge in [0.15, 0.2) is 0 Å². The average molecular weight is 586 g/mol. The zero-order valence-corrected chi connectivity index (χ0v) is 19.3. The fourth-order valence-electron chi connectivity index (χ4n) is 2.07. The summed E-state index contributed by atoms with van der Waals surface area (Å²) in [5.41, 5.74) is 2.29. The predicted molar refractivity (Wildman–Crippen MR) is 113 cm³/mol. The van der Waals surface area contributed by atoms with Crippen LogP contribution in [0.5, 0.6) is 0 Å². The maximum absolute atomic E-state index is 6.05. The van der Waals surface area contributed by atoms with Crippen LogP contribution in [0.2, 0.25) is 0 Å². The lowest BCUT2D eigenvalue weighted by atomic mass is 10.2. The van der Waals surface area contributed by atoms with Crippen LogP contribution in [0.15, 0.2) is 57.5 Å². The maximum Gasteiger partial charge on any atom is 0.0946 e. The summed E-state index contributed by atoms with van der Waals surface area (Å²) >= 11 is 14.0. The summed E-state index contributed by atoms with van der Waals surface area (Å²) in [7, 11) is 0. The highest BCUT2D eigenvalue weighted by Gasteiger charge is 2.21. The molecule has 0 bridgehead atoms. The van der Waals surface area contributed by atoms with Crippen molar-refractivity contribution in [2.45, 2.75) is 25.4 Å². The fourth-order valence-corrected chi connectivity index (χ4v) is 3.81. The van der Waals surface area contributed by atoms with E-state index in [1.54, 1.807) is 0 Å². The van der Waals surface area contributed by atoms with Gasteiger partial charge in [-0.1, -0.05) is 88.0 Å². The molecule has 6 heteroatoms. The van der Waals surface area contributed by atoms with Gasteiger partial charge in [-0.3, -0.25) is 0 Å². The van der Waals surface area contributed by atoms with Crippen molar-refractivity contribution in [1.29, 1.82) is 0 Å². The van der Waals surface area contributed by atoms with Gasteiger partial charge in [-0.05, 0) is 35.4 Å². The van der Waals surface area contributed by atoms with E-state index in [4.69, 9.17) is 9.47 Å². The van der Waals surface area contributed by atoms with E-state index in [2.05, 4.69) is 88.0 Å². The lowest BCUT2D eigenvalue weighted by molar-refractivity contribution is -0.0631. The van der Waals surface area contributed by atoms with Crippen molar-refractivity contribution in [3.63, 3.8) is 0 Å². The number of alkyl halides is 2. The summed E-state index contributed by atoms with van der Waals surface area (Å²) in [5.74, 6) is 0. The van der Waals surface area contributed by atoms with Crippen LogP contribution in [0, 0.1) is 0 Å². The first kappa shape index (κ1) is 20.6. The first-order valence-electron chi connectivity index (χ1n) is 7.46. The standard InChI is InChI=1S/C18H18Br4O2/c19-9-17(23-11-13-1-5-15(21)6-2-13)18(10-20)24-12-14-3-7-16(22)8-4-14/h1-8,17-18H,9-12H2/t17-,18-/m0/s1. The van der Waals surface area contributed by atoms with Crippen molar-refractivity contribution in [3.8, 4) is 0 Å². The largest absolute Gasteiger partial charge is 0.370 e. The third kappa shape index (κ3) is 6.89. The topological polar surface area (TPSA) is 18.5 Å². The minimum Gasteiger partial charge on any atom is -0.370 e. The van der Waals surface area contributed by atoms with E-state index in [0.29, 0.717) is 13.2 Å². The van der Waals surface area contributed by atoms with Gasteiger partial charge in [-0.25, -0.2) is 0 Å². The monoisotopic (exact) mass is 582 g/mol. The van der Waals surface area contributed by atoms with Crippen LogP contribution in [0.1, 0.15) is 11.1 Å². The first-order valence-corrected chi connectivity index (χ1v) is 11.3. The van der Waals surface area contributed by atoms with Crippen LogP contribution in [0.25, 0.3) is 0 Å². The van der Waals surface area contributed by atoms with Crippen LogP contribution in [-0.2, 0) is 22.7 Å². The van der Waals surface area contributed by atoms with Crippen LogP contribution in [-0.4, -0.2) is 22.9 Å². The van der Waals surface area contributed by atoms with Gasteiger partial charge in [0.05, 0.1) is 25.4 Å². The van der Waals surface area contributed by atoms with Gasteiger partial charge in [0.25, 0.3) is 0 Å². The van der Waals surface area contributed by atoms with Crippen molar-refractivity contribution < 1.29 is 9.47 Å². The number of benzene rings is 2. The van der Waals surface area contributed by atoms with Gasteiger partial charge in [-0.2, -0.15) is 0 Å². The molecule has 0 unspecified atom stereocenters. The molecule has 2 nitrogen and oxygen atoms in total. The zero-order valence-electron chi connectivity index (χ0n) is 12.9. The van der Waals surface area contributed by atoms with E-state index in [0.717, 1.165) is 30.7 Å². The number of ether oxygens (including phenoxy) is 2. The number of rotatable bonds is 9. The third-order valence-electron chi connectivity index (χ3n) is 3.47. The van der Waals surface area contributed by atoms with E-state index in [9.17, 15) is 0 Å². The molecule has 130 valence electrons. The summed E-state index contributed by atoms with van der Waals surface area (Å²) in [6.07, 6.45) is -0.0491. The molecule has 2 rings (SSSR count). The molecule has 0 heterocycles. The van der Waals surface area contributed by atoms with Crippen molar-refractivity contribution in [2.75, 3.05) is 10.7 Å². The molecule has 0 radical (unpaired) electrons. The average Bonchev–Trinajstić information content (AvgIpc) is 2.60. The van der Waals surface area contributed by atoms with E-state index < -0.39 is 0 Å². The lowest BCUT2D eigenvalue weighted by Crippen LogP contribution is -2.34. The second kappa shape index (κ2) is 11.1. The van der Waals surface area contributed by atoms with Crippen LogP contribution in [0.3, 0.4) is 0 Å². The smallest absolute Gasteiger partial charge is 0.0946 e. The molecule has 0 aliphatic heterocycles. The van der Waals surface area contributed by atoms with Crippen LogP contribution < -0.4 is 0 Å². The molecule has 0 spiro atoms. The molecule has 0 saturated carbocycles. The molecule has 0 amide bonds. The Balaban J connectivity index is 1.88. The Morgan fingerprint density at radius 3 is 1.25 bits per heavy atom. The first-order chi connectivity index (χ1) is 11.6. The van der Waals surface area contributed by atoms with Crippen molar-refractivity contribution in [3.05, 3.63) is 68.6 Å². The quantitative estimate of drug-likeness (QED) is 0.314. The normalized spacial score (nSPS) is 13.7. The van der Waals surface area contributed by atoms with Crippen molar-refractivity contribution >= 4 is 63.7 Å². The number of hydrogen-bond acceptors (Lipinski definition) is 2. The molecule has 0 aliphatic rings. The highest BCUT2D eigenvalue weighted by Crippen LogP contribution is 2.18. The minimum atomic E-state index is -0.0246. The summed E-state index contributed by atoms with van der Waals surface area (Å²) in [6, 6.07) is 16.3. The van der Waals surface area contributed by atoms with Crippen molar-refractivity contribution in [1.82, 2.24) is 0 Å². The predicted octanol–water partition coefficient (Wildman–Crippen LogP) is 6.47. The van der Waals surface area contributed by atoms with E-state index in [1.165, 1.54) is 0 Å². The second-order valence-corrected chi connectivity index (χ2v) is 8.39. The second-order valence-electron chi connectivity index (χ2n) is 5.26. The maximum atomic E-state index is 6.05. The minimum absolute atomic E-state index is 0.0246. The van der Waals surface area contributed by atoms with Gasteiger partial charge in [0, 0.05) is 19.6 Å². The number of hydrogen-bond donors (Lipinski definition) is 0. The van der Waals surface area contributed by atoms with Crippen molar-refractivity contribution in [2.24, 2.45) is 0 Å². The lowest BCUT2D eigenvalue weighted by Gasteiger charge is -2.25. The Bertz CT molecular complexity index is 546. The molecule has 2 aromatic rings. The summed E-state index contributed by atoms with van der Waals surface area (Å²) in [6.45, 7) is 1.13. The van der Waals surface area contributed by atoms with Crippen LogP contribution >= 0.6 is 63.7 Å². The van der Waals surface area contributed by atoms with Gasteiger partial charge in [0.2, 0.25) is 0 Å². The van der Waals surface area contributed by atoms with E-state index in [-0.39, 0.29) is 12.2 Å². The summed E-state index contributed by atoms with van der Waals surface area (Å²) in [5, 5.41) is 1.44. The SMILES string of the molecule is BrC[C@H](OCc1ccc(Br)cc1)[C@H](CBr)OCc1ccc(Br)cc1. The zero-order chi connectivity index (χ0) is 17.4. The molecule has 24 heavy (non-hydrogen) atoms. The van der Waals surface area contributed by atoms with Gasteiger partial charge in [0.1, 0.15) is 0 Å². The van der Waals surface area contributed by atoms with Gasteiger partial charge < -0.3 is 9.47 Å². The summed E-state index contributed by atoms with van der Waals surface area (Å²) < 4.78 is 14.2. The van der Waals surface area contributed by atoms with E-state index >= 15 is 0 Å². The molecule has 0 aromatic heterocycles. The molecule has 2 aromatic carbocycles. The molecule has 2 atom stereocenters. The van der Waals surface area contributed by atoms with Gasteiger partial charge in [-0.15, -0.1) is 0 Å².